The summed E-state index contributed by atoms with van der Waals surface area (Å²) in [6.45, 7) is 7.25. The van der Waals surface area contributed by atoms with Gasteiger partial charge in [-0.25, -0.2) is 0 Å². The van der Waals surface area contributed by atoms with Gasteiger partial charge >= 0.3 is 0 Å². The predicted molar refractivity (Wildman–Crippen MR) is 78.2 cm³/mol. The molecular formula is C13H27N3OS. The lowest BCUT2D eigenvalue weighted by Gasteiger charge is -2.42. The Hall–Kier alpha value is 0.190. The summed E-state index contributed by atoms with van der Waals surface area (Å²) >= 11 is 1.95. The van der Waals surface area contributed by atoms with Crippen LogP contribution in [-0.2, 0) is 4.74 Å². The van der Waals surface area contributed by atoms with Crippen molar-refractivity contribution < 1.29 is 4.74 Å². The number of nitrogens with two attached hydrogens (primary N) is 1. The van der Waals surface area contributed by atoms with Crippen LogP contribution in [0.25, 0.3) is 0 Å². The number of hydrogen-bond acceptors (Lipinski definition) is 5. The SMILES string of the molecule is CSC1(CN)CCN(CC2CN(C)CCO2)CC1. The van der Waals surface area contributed by atoms with Gasteiger partial charge in [0.2, 0.25) is 0 Å². The Bertz CT molecular complexity index is 251. The molecule has 2 fully saturated rings. The van der Waals surface area contributed by atoms with Crippen molar-refractivity contribution in [3.63, 3.8) is 0 Å². The quantitative estimate of drug-likeness (QED) is 0.807. The van der Waals surface area contributed by atoms with Crippen molar-refractivity contribution in [2.24, 2.45) is 5.73 Å². The fourth-order valence-electron chi connectivity index (χ4n) is 2.90. The van der Waals surface area contributed by atoms with Crippen molar-refractivity contribution in [3.05, 3.63) is 0 Å². The molecule has 1 unspecified atom stereocenters. The van der Waals surface area contributed by atoms with Gasteiger partial charge in [-0.3, -0.25) is 0 Å². The molecule has 2 N–H and O–H groups in total. The number of likely N-dealkylation sites (N-methyl/N-ethyl adjacent to an activating group) is 1. The van der Waals surface area contributed by atoms with E-state index >= 15 is 0 Å². The summed E-state index contributed by atoms with van der Waals surface area (Å²) in [7, 11) is 2.18. The van der Waals surface area contributed by atoms with E-state index in [1.165, 1.54) is 25.9 Å². The van der Waals surface area contributed by atoms with Crippen molar-refractivity contribution in [3.8, 4) is 0 Å². The number of nitrogens with zero attached hydrogens (tertiary/aromatic N) is 2. The van der Waals surface area contributed by atoms with E-state index in [2.05, 4.69) is 23.1 Å². The molecule has 0 aromatic heterocycles. The molecule has 2 saturated heterocycles. The van der Waals surface area contributed by atoms with E-state index in [-0.39, 0.29) is 0 Å². The minimum Gasteiger partial charge on any atom is -0.374 e. The Balaban J connectivity index is 1.76. The molecular weight excluding hydrogens is 246 g/mol. The number of rotatable bonds is 4. The minimum absolute atomic E-state index is 0.334. The van der Waals surface area contributed by atoms with Crippen LogP contribution < -0.4 is 5.73 Å². The highest BCUT2D eigenvalue weighted by atomic mass is 32.2. The molecule has 1 atom stereocenters. The summed E-state index contributed by atoms with van der Waals surface area (Å²) in [5, 5.41) is 0. The third-order valence-electron chi connectivity index (χ3n) is 4.38. The number of ether oxygens (including phenoxy) is 1. The summed E-state index contributed by atoms with van der Waals surface area (Å²) in [6.07, 6.45) is 5.02. The summed E-state index contributed by atoms with van der Waals surface area (Å²) < 4.78 is 6.18. The van der Waals surface area contributed by atoms with Crippen molar-refractivity contribution in [2.75, 3.05) is 59.2 Å². The molecule has 2 rings (SSSR count). The molecule has 0 saturated carbocycles. The lowest BCUT2D eigenvalue weighted by molar-refractivity contribution is -0.0385. The molecule has 0 amide bonds. The van der Waals surface area contributed by atoms with Gasteiger partial charge in [-0.05, 0) is 39.2 Å². The van der Waals surface area contributed by atoms with E-state index in [0.29, 0.717) is 10.9 Å². The Kier molecular flexibility index (Phi) is 5.33. The van der Waals surface area contributed by atoms with Gasteiger partial charge in [0, 0.05) is 30.9 Å². The first-order valence-electron chi connectivity index (χ1n) is 6.95. The van der Waals surface area contributed by atoms with Gasteiger partial charge in [-0.1, -0.05) is 0 Å². The molecule has 0 aromatic rings. The Morgan fingerprint density at radius 2 is 2.06 bits per heavy atom. The van der Waals surface area contributed by atoms with Crippen LogP contribution >= 0.6 is 11.8 Å². The van der Waals surface area contributed by atoms with E-state index < -0.39 is 0 Å². The first kappa shape index (κ1) is 14.6. The average molecular weight is 273 g/mol. The third-order valence-corrected chi connectivity index (χ3v) is 5.82. The fraction of sp³-hybridized carbons (Fsp3) is 1.00. The maximum atomic E-state index is 5.93. The highest BCUT2D eigenvalue weighted by molar-refractivity contribution is 8.00. The Labute approximate surface area is 115 Å². The molecule has 0 aliphatic carbocycles. The van der Waals surface area contributed by atoms with Gasteiger partial charge < -0.3 is 20.3 Å². The van der Waals surface area contributed by atoms with Crippen LogP contribution in [0.5, 0.6) is 0 Å². The van der Waals surface area contributed by atoms with Crippen LogP contribution in [0.15, 0.2) is 0 Å². The molecule has 4 nitrogen and oxygen atoms in total. The zero-order valence-electron chi connectivity index (χ0n) is 11.7. The number of thioether (sulfide) groups is 1. The normalized spacial score (nSPS) is 30.5. The molecule has 2 aliphatic rings. The number of piperidine rings is 1. The fourth-order valence-corrected chi connectivity index (χ4v) is 3.66. The maximum Gasteiger partial charge on any atom is 0.0829 e. The van der Waals surface area contributed by atoms with Crippen LogP contribution in [0.1, 0.15) is 12.8 Å². The second-order valence-electron chi connectivity index (χ2n) is 5.65. The summed E-state index contributed by atoms with van der Waals surface area (Å²) in [5.74, 6) is 0. The highest BCUT2D eigenvalue weighted by Crippen LogP contribution is 2.33. The van der Waals surface area contributed by atoms with Crippen molar-refractivity contribution in [1.82, 2.24) is 9.80 Å². The average Bonchev–Trinajstić information content (AvgIpc) is 2.40. The van der Waals surface area contributed by atoms with Gasteiger partial charge in [-0.15, -0.1) is 0 Å². The monoisotopic (exact) mass is 273 g/mol. The number of likely N-dealkylation sites (tertiary alicyclic amines) is 1. The molecule has 0 radical (unpaired) electrons. The lowest BCUT2D eigenvalue weighted by Crippen LogP contribution is -2.51. The molecule has 5 heteroatoms. The highest BCUT2D eigenvalue weighted by Gasteiger charge is 2.33. The third kappa shape index (κ3) is 3.61. The molecule has 2 heterocycles. The molecule has 0 bridgehead atoms. The second-order valence-corrected chi connectivity index (χ2v) is 6.92. The zero-order valence-corrected chi connectivity index (χ0v) is 12.5. The minimum atomic E-state index is 0.334. The van der Waals surface area contributed by atoms with Crippen LogP contribution in [0.4, 0.5) is 0 Å². The van der Waals surface area contributed by atoms with Gasteiger partial charge in [0.1, 0.15) is 0 Å². The second kappa shape index (κ2) is 6.57. The maximum absolute atomic E-state index is 5.93. The summed E-state index contributed by atoms with van der Waals surface area (Å²) in [4.78, 5) is 4.91. The van der Waals surface area contributed by atoms with Gasteiger partial charge in [-0.2, -0.15) is 11.8 Å². The molecule has 2 aliphatic heterocycles. The first-order chi connectivity index (χ1) is 8.67. The largest absolute Gasteiger partial charge is 0.374 e. The molecule has 18 heavy (non-hydrogen) atoms. The van der Waals surface area contributed by atoms with Gasteiger partial charge in [0.25, 0.3) is 0 Å². The summed E-state index contributed by atoms with van der Waals surface area (Å²) in [6, 6.07) is 0. The van der Waals surface area contributed by atoms with E-state index in [1.807, 2.05) is 11.8 Å². The zero-order chi connectivity index (χ0) is 13.0. The van der Waals surface area contributed by atoms with Crippen LogP contribution in [0.2, 0.25) is 0 Å². The molecule has 106 valence electrons. The molecule has 0 spiro atoms. The van der Waals surface area contributed by atoms with Gasteiger partial charge in [0.05, 0.1) is 12.7 Å². The van der Waals surface area contributed by atoms with Crippen LogP contribution in [-0.4, -0.2) is 79.8 Å². The van der Waals surface area contributed by atoms with Crippen molar-refractivity contribution in [2.45, 2.75) is 23.7 Å². The van der Waals surface area contributed by atoms with E-state index in [0.717, 1.165) is 32.8 Å². The van der Waals surface area contributed by atoms with E-state index in [1.54, 1.807) is 0 Å². The van der Waals surface area contributed by atoms with Crippen LogP contribution in [0.3, 0.4) is 0 Å². The number of morpholine rings is 1. The Morgan fingerprint density at radius 1 is 1.33 bits per heavy atom. The predicted octanol–water partition coefficient (Wildman–Crippen LogP) is 0.473. The standard InChI is InChI=1S/C13H27N3OS/c1-15-7-8-17-12(9-15)10-16-5-3-13(11-14,18-2)4-6-16/h12H,3-11,14H2,1-2H3. The lowest BCUT2D eigenvalue weighted by atomic mass is 9.95. The Morgan fingerprint density at radius 3 is 2.61 bits per heavy atom. The van der Waals surface area contributed by atoms with Crippen LogP contribution in [0, 0.1) is 0 Å². The molecule has 0 aromatic carbocycles. The van der Waals surface area contributed by atoms with E-state index in [4.69, 9.17) is 10.5 Å². The van der Waals surface area contributed by atoms with Crippen molar-refractivity contribution >= 4 is 11.8 Å². The summed E-state index contributed by atoms with van der Waals surface area (Å²) in [5.41, 5.74) is 5.93. The smallest absolute Gasteiger partial charge is 0.0829 e. The number of hydrogen-bond donors (Lipinski definition) is 1. The van der Waals surface area contributed by atoms with E-state index in [9.17, 15) is 0 Å². The topological polar surface area (TPSA) is 41.7 Å². The van der Waals surface area contributed by atoms with Crippen molar-refractivity contribution in [1.29, 1.82) is 0 Å². The first-order valence-corrected chi connectivity index (χ1v) is 8.18. The van der Waals surface area contributed by atoms with Gasteiger partial charge in [0.15, 0.2) is 0 Å².